The molecule has 116 valence electrons. The number of hydrogen-bond acceptors (Lipinski definition) is 3. The standard InChI is InChI=1S/C17H25NO3/c1-3-4-5-6-7-8-12-16(20)18-15-11-9-10-14(13(2)19)17(15)21/h9-11,21H,3-8,12H2,1-2H3,(H,18,20). The highest BCUT2D eigenvalue weighted by Crippen LogP contribution is 2.27. The van der Waals surface area contributed by atoms with Gasteiger partial charge in [0.15, 0.2) is 5.78 Å². The van der Waals surface area contributed by atoms with Crippen molar-refractivity contribution in [3.05, 3.63) is 23.8 Å². The number of phenolic OH excluding ortho intramolecular Hbond substituents is 1. The predicted octanol–water partition coefficient (Wildman–Crippen LogP) is 4.28. The number of carbonyl (C=O) groups excluding carboxylic acids is 2. The SMILES string of the molecule is CCCCCCCCC(=O)Nc1cccc(C(C)=O)c1O. The highest BCUT2D eigenvalue weighted by atomic mass is 16.3. The normalized spacial score (nSPS) is 10.4. The zero-order valence-electron chi connectivity index (χ0n) is 12.9. The van der Waals surface area contributed by atoms with Crippen LogP contribution >= 0.6 is 0 Å². The lowest BCUT2D eigenvalue weighted by Crippen LogP contribution is -2.11. The van der Waals surface area contributed by atoms with Gasteiger partial charge in [-0.25, -0.2) is 0 Å². The summed E-state index contributed by atoms with van der Waals surface area (Å²) in [5.41, 5.74) is 0.533. The molecule has 0 bridgehead atoms. The Labute approximate surface area is 126 Å². The number of para-hydroxylation sites is 1. The maximum atomic E-state index is 11.8. The van der Waals surface area contributed by atoms with Crippen molar-refractivity contribution in [2.75, 3.05) is 5.32 Å². The van der Waals surface area contributed by atoms with Gasteiger partial charge in [0.2, 0.25) is 5.91 Å². The Hall–Kier alpha value is -1.84. The van der Waals surface area contributed by atoms with E-state index < -0.39 is 0 Å². The van der Waals surface area contributed by atoms with E-state index in [1.54, 1.807) is 18.2 Å². The van der Waals surface area contributed by atoms with Gasteiger partial charge in [-0.15, -0.1) is 0 Å². The number of carbonyl (C=O) groups is 2. The van der Waals surface area contributed by atoms with Crippen LogP contribution in [0.4, 0.5) is 5.69 Å². The number of aromatic hydroxyl groups is 1. The summed E-state index contributed by atoms with van der Waals surface area (Å²) < 4.78 is 0. The Bertz CT molecular complexity index is 483. The summed E-state index contributed by atoms with van der Waals surface area (Å²) in [6, 6.07) is 4.79. The van der Waals surface area contributed by atoms with Crippen LogP contribution in [-0.4, -0.2) is 16.8 Å². The van der Waals surface area contributed by atoms with Crippen LogP contribution in [0.5, 0.6) is 5.75 Å². The Morgan fingerprint density at radius 2 is 1.76 bits per heavy atom. The zero-order chi connectivity index (χ0) is 15.7. The molecule has 0 aromatic heterocycles. The smallest absolute Gasteiger partial charge is 0.224 e. The van der Waals surface area contributed by atoms with Crippen LogP contribution in [0.2, 0.25) is 0 Å². The fourth-order valence-electron chi connectivity index (χ4n) is 2.21. The summed E-state index contributed by atoms with van der Waals surface area (Å²) in [5.74, 6) is -0.498. The zero-order valence-corrected chi connectivity index (χ0v) is 12.9. The average Bonchev–Trinajstić information content (AvgIpc) is 2.44. The number of anilines is 1. The van der Waals surface area contributed by atoms with Crippen LogP contribution in [-0.2, 0) is 4.79 Å². The molecule has 1 aromatic rings. The van der Waals surface area contributed by atoms with E-state index >= 15 is 0 Å². The third kappa shape index (κ3) is 5.98. The first-order valence-electron chi connectivity index (χ1n) is 7.69. The lowest BCUT2D eigenvalue weighted by Gasteiger charge is -2.09. The number of unbranched alkanes of at least 4 members (excludes halogenated alkanes) is 5. The minimum atomic E-state index is -0.223. The molecule has 4 heteroatoms. The maximum absolute atomic E-state index is 11.8. The Balaban J connectivity index is 2.41. The maximum Gasteiger partial charge on any atom is 0.224 e. The molecule has 0 radical (unpaired) electrons. The Morgan fingerprint density at radius 1 is 1.10 bits per heavy atom. The number of Topliss-reactive ketones (excluding diaryl/α,β-unsaturated/α-hetero) is 1. The van der Waals surface area contributed by atoms with Gasteiger partial charge < -0.3 is 10.4 Å². The predicted molar refractivity (Wildman–Crippen MR) is 84.7 cm³/mol. The first-order chi connectivity index (χ1) is 10.1. The molecule has 0 aliphatic carbocycles. The van der Waals surface area contributed by atoms with Gasteiger partial charge in [-0.2, -0.15) is 0 Å². The summed E-state index contributed by atoms with van der Waals surface area (Å²) in [6.07, 6.45) is 7.18. The second-order valence-electron chi connectivity index (χ2n) is 5.32. The number of hydrogen-bond donors (Lipinski definition) is 2. The van der Waals surface area contributed by atoms with Crippen LogP contribution in [0, 0.1) is 0 Å². The number of phenols is 1. The van der Waals surface area contributed by atoms with Crippen LogP contribution in [0.1, 0.15) is 69.2 Å². The van der Waals surface area contributed by atoms with Gasteiger partial charge in [0.05, 0.1) is 11.3 Å². The lowest BCUT2D eigenvalue weighted by molar-refractivity contribution is -0.116. The molecule has 0 aliphatic heterocycles. The van der Waals surface area contributed by atoms with Crippen LogP contribution < -0.4 is 5.32 Å². The lowest BCUT2D eigenvalue weighted by atomic mass is 10.1. The summed E-state index contributed by atoms with van der Waals surface area (Å²) in [7, 11) is 0. The quantitative estimate of drug-likeness (QED) is 0.405. The molecular formula is C17H25NO3. The number of rotatable bonds is 9. The topological polar surface area (TPSA) is 66.4 Å². The van der Waals surface area contributed by atoms with Gasteiger partial charge in [0.25, 0.3) is 0 Å². The molecule has 1 amide bonds. The Kier molecular flexibility index (Phi) is 7.51. The fraction of sp³-hybridized carbons (Fsp3) is 0.529. The minimum absolute atomic E-state index is 0.124. The van der Waals surface area contributed by atoms with Gasteiger partial charge in [-0.1, -0.05) is 45.1 Å². The number of ketones is 1. The fourth-order valence-corrected chi connectivity index (χ4v) is 2.21. The average molecular weight is 291 g/mol. The molecule has 0 unspecified atom stereocenters. The van der Waals surface area contributed by atoms with Crippen molar-refractivity contribution in [2.24, 2.45) is 0 Å². The molecule has 2 N–H and O–H groups in total. The molecule has 4 nitrogen and oxygen atoms in total. The van der Waals surface area contributed by atoms with Gasteiger partial charge in [0, 0.05) is 6.42 Å². The number of nitrogens with one attached hydrogen (secondary N) is 1. The van der Waals surface area contributed by atoms with Crippen molar-refractivity contribution in [3.8, 4) is 5.75 Å². The van der Waals surface area contributed by atoms with E-state index in [1.807, 2.05) is 0 Å². The molecule has 0 saturated carbocycles. The van der Waals surface area contributed by atoms with Crippen molar-refractivity contribution in [2.45, 2.75) is 58.8 Å². The molecule has 0 fully saturated rings. The van der Waals surface area contributed by atoms with Crippen LogP contribution in [0.25, 0.3) is 0 Å². The molecular weight excluding hydrogens is 266 g/mol. The number of benzene rings is 1. The third-order valence-electron chi connectivity index (χ3n) is 3.45. The van der Waals surface area contributed by atoms with E-state index in [-0.39, 0.29) is 23.0 Å². The van der Waals surface area contributed by atoms with Gasteiger partial charge >= 0.3 is 0 Å². The van der Waals surface area contributed by atoms with E-state index in [1.165, 1.54) is 26.2 Å². The van der Waals surface area contributed by atoms with Crippen LogP contribution in [0.15, 0.2) is 18.2 Å². The first kappa shape index (κ1) is 17.2. The highest BCUT2D eigenvalue weighted by molar-refractivity contribution is 6.00. The molecule has 0 spiro atoms. The molecule has 21 heavy (non-hydrogen) atoms. The molecule has 0 saturated heterocycles. The van der Waals surface area contributed by atoms with Gasteiger partial charge in [-0.3, -0.25) is 9.59 Å². The number of amides is 1. The van der Waals surface area contributed by atoms with Crippen molar-refractivity contribution >= 4 is 17.4 Å². The highest BCUT2D eigenvalue weighted by Gasteiger charge is 2.12. The van der Waals surface area contributed by atoms with E-state index in [0.717, 1.165) is 19.3 Å². The second kappa shape index (κ2) is 9.16. The van der Waals surface area contributed by atoms with E-state index in [9.17, 15) is 14.7 Å². The van der Waals surface area contributed by atoms with Crippen molar-refractivity contribution < 1.29 is 14.7 Å². The van der Waals surface area contributed by atoms with Gasteiger partial charge in [0.1, 0.15) is 5.75 Å². The monoisotopic (exact) mass is 291 g/mol. The molecule has 1 rings (SSSR count). The third-order valence-corrected chi connectivity index (χ3v) is 3.45. The van der Waals surface area contributed by atoms with Crippen molar-refractivity contribution in [1.29, 1.82) is 0 Å². The summed E-state index contributed by atoms with van der Waals surface area (Å²) in [5, 5.41) is 12.6. The summed E-state index contributed by atoms with van der Waals surface area (Å²) >= 11 is 0. The van der Waals surface area contributed by atoms with E-state index in [2.05, 4.69) is 12.2 Å². The first-order valence-corrected chi connectivity index (χ1v) is 7.69. The minimum Gasteiger partial charge on any atom is -0.505 e. The van der Waals surface area contributed by atoms with Crippen molar-refractivity contribution in [3.63, 3.8) is 0 Å². The summed E-state index contributed by atoms with van der Waals surface area (Å²) in [4.78, 5) is 23.2. The Morgan fingerprint density at radius 3 is 2.43 bits per heavy atom. The van der Waals surface area contributed by atoms with Crippen LogP contribution in [0.3, 0.4) is 0 Å². The molecule has 0 atom stereocenters. The second-order valence-corrected chi connectivity index (χ2v) is 5.32. The largest absolute Gasteiger partial charge is 0.505 e. The molecule has 1 aromatic carbocycles. The van der Waals surface area contributed by atoms with Gasteiger partial charge in [-0.05, 0) is 25.5 Å². The summed E-state index contributed by atoms with van der Waals surface area (Å²) in [6.45, 7) is 3.56. The molecule has 0 aliphatic rings. The molecule has 0 heterocycles. The van der Waals surface area contributed by atoms with E-state index in [4.69, 9.17) is 0 Å². The van der Waals surface area contributed by atoms with Crippen molar-refractivity contribution in [1.82, 2.24) is 0 Å². The van der Waals surface area contributed by atoms with E-state index in [0.29, 0.717) is 12.1 Å².